The van der Waals surface area contributed by atoms with Gasteiger partial charge in [-0.3, -0.25) is 0 Å². The van der Waals surface area contributed by atoms with Crippen molar-refractivity contribution in [2.45, 2.75) is 45.6 Å². The Morgan fingerprint density at radius 3 is 2.37 bits per heavy atom. The molecular weight excluding hydrogens is 279 g/mol. The van der Waals surface area contributed by atoms with Crippen LogP contribution in [-0.4, -0.2) is 11.2 Å². The van der Waals surface area contributed by atoms with E-state index >= 15 is 0 Å². The molecule has 2 rings (SSSR count). The first-order chi connectivity index (χ1) is 8.95. The lowest BCUT2D eigenvalue weighted by molar-refractivity contribution is 0.0561. The van der Waals surface area contributed by atoms with E-state index in [1.165, 1.54) is 6.42 Å². The Hall–Kier alpha value is -0.240. The SMILES string of the molecule is CC1CC(C)CC(C(O)Cc2ccc(Cl)cc2Cl)C1. The maximum absolute atomic E-state index is 10.5. The third-order valence-corrected chi connectivity index (χ3v) is 4.79. The van der Waals surface area contributed by atoms with Crippen molar-refractivity contribution < 1.29 is 5.11 Å². The van der Waals surface area contributed by atoms with Gasteiger partial charge in [-0.1, -0.05) is 43.1 Å². The van der Waals surface area contributed by atoms with Crippen molar-refractivity contribution >= 4 is 23.2 Å². The van der Waals surface area contributed by atoms with E-state index < -0.39 is 0 Å². The molecule has 0 saturated heterocycles. The van der Waals surface area contributed by atoms with E-state index in [0.29, 0.717) is 34.2 Å². The van der Waals surface area contributed by atoms with E-state index in [1.54, 1.807) is 6.07 Å². The predicted molar refractivity (Wildman–Crippen MR) is 81.8 cm³/mol. The average molecular weight is 301 g/mol. The second kappa shape index (κ2) is 6.47. The monoisotopic (exact) mass is 300 g/mol. The second-order valence-corrected chi connectivity index (χ2v) is 7.03. The van der Waals surface area contributed by atoms with Crippen LogP contribution in [0.25, 0.3) is 0 Å². The standard InChI is InChI=1S/C16H22Cl2O/c1-10-5-11(2)7-13(6-10)16(19)8-12-3-4-14(17)9-15(12)18/h3-4,9-11,13,16,19H,5-8H2,1-2H3. The second-order valence-electron chi connectivity index (χ2n) is 6.18. The van der Waals surface area contributed by atoms with E-state index in [9.17, 15) is 5.11 Å². The van der Waals surface area contributed by atoms with Crippen molar-refractivity contribution in [3.8, 4) is 0 Å². The molecule has 0 bridgehead atoms. The van der Waals surface area contributed by atoms with Gasteiger partial charge in [-0.15, -0.1) is 0 Å². The minimum absolute atomic E-state index is 0.302. The van der Waals surface area contributed by atoms with Crippen LogP contribution < -0.4 is 0 Å². The first-order valence-corrected chi connectivity index (χ1v) is 7.83. The molecule has 106 valence electrons. The van der Waals surface area contributed by atoms with Gasteiger partial charge in [-0.25, -0.2) is 0 Å². The van der Waals surface area contributed by atoms with Gasteiger partial charge in [0, 0.05) is 16.5 Å². The first kappa shape index (κ1) is 15.2. The van der Waals surface area contributed by atoms with Crippen LogP contribution in [0.4, 0.5) is 0 Å². The highest BCUT2D eigenvalue weighted by Gasteiger charge is 2.29. The summed E-state index contributed by atoms with van der Waals surface area (Å²) in [7, 11) is 0. The molecular formula is C16H22Cl2O. The molecule has 1 N–H and O–H groups in total. The van der Waals surface area contributed by atoms with Crippen LogP contribution in [0.5, 0.6) is 0 Å². The summed E-state index contributed by atoms with van der Waals surface area (Å²) >= 11 is 12.1. The summed E-state index contributed by atoms with van der Waals surface area (Å²) in [6.45, 7) is 4.56. The van der Waals surface area contributed by atoms with Gasteiger partial charge in [0.15, 0.2) is 0 Å². The van der Waals surface area contributed by atoms with E-state index in [0.717, 1.165) is 18.4 Å². The Kier molecular flexibility index (Phi) is 5.16. The van der Waals surface area contributed by atoms with Crippen LogP contribution in [0.15, 0.2) is 18.2 Å². The van der Waals surface area contributed by atoms with E-state index in [4.69, 9.17) is 23.2 Å². The molecule has 3 atom stereocenters. The highest BCUT2D eigenvalue weighted by Crippen LogP contribution is 2.36. The minimum Gasteiger partial charge on any atom is -0.392 e. The fraction of sp³-hybridized carbons (Fsp3) is 0.625. The number of aliphatic hydroxyl groups excluding tert-OH is 1. The van der Waals surface area contributed by atoms with Gasteiger partial charge in [-0.05, 0) is 54.7 Å². The Morgan fingerprint density at radius 2 is 1.79 bits per heavy atom. The summed E-state index contributed by atoms with van der Waals surface area (Å²) in [6, 6.07) is 5.50. The first-order valence-electron chi connectivity index (χ1n) is 7.07. The minimum atomic E-state index is -0.302. The number of aliphatic hydroxyl groups is 1. The Labute approximate surface area is 125 Å². The highest BCUT2D eigenvalue weighted by atomic mass is 35.5. The summed E-state index contributed by atoms with van der Waals surface area (Å²) in [5.74, 6) is 1.82. The zero-order valence-electron chi connectivity index (χ0n) is 11.6. The summed E-state index contributed by atoms with van der Waals surface area (Å²) in [5.41, 5.74) is 0.990. The molecule has 1 nitrogen and oxygen atoms in total. The van der Waals surface area contributed by atoms with Crippen LogP contribution in [0.3, 0.4) is 0 Å². The average Bonchev–Trinajstić information content (AvgIpc) is 2.31. The molecule has 1 aromatic carbocycles. The summed E-state index contributed by atoms with van der Waals surface area (Å²) in [4.78, 5) is 0. The molecule has 1 aliphatic rings. The van der Waals surface area contributed by atoms with Crippen molar-refractivity contribution in [3.05, 3.63) is 33.8 Å². The largest absolute Gasteiger partial charge is 0.392 e. The van der Waals surface area contributed by atoms with E-state index in [2.05, 4.69) is 13.8 Å². The fourth-order valence-corrected chi connectivity index (χ4v) is 3.89. The lowest BCUT2D eigenvalue weighted by Crippen LogP contribution is -2.30. The molecule has 3 unspecified atom stereocenters. The third kappa shape index (κ3) is 4.11. The highest BCUT2D eigenvalue weighted by molar-refractivity contribution is 6.35. The van der Waals surface area contributed by atoms with Crippen molar-refractivity contribution in [2.75, 3.05) is 0 Å². The summed E-state index contributed by atoms with van der Waals surface area (Å²) < 4.78 is 0. The van der Waals surface area contributed by atoms with Gasteiger partial charge in [-0.2, -0.15) is 0 Å². The summed E-state index contributed by atoms with van der Waals surface area (Å²) in [6.07, 6.45) is 3.85. The van der Waals surface area contributed by atoms with E-state index in [1.807, 2.05) is 12.1 Å². The molecule has 0 amide bonds. The number of rotatable bonds is 3. The molecule has 19 heavy (non-hydrogen) atoms. The Morgan fingerprint density at radius 1 is 1.16 bits per heavy atom. The van der Waals surface area contributed by atoms with Gasteiger partial charge >= 0.3 is 0 Å². The molecule has 1 fully saturated rings. The molecule has 0 heterocycles. The van der Waals surface area contributed by atoms with Gasteiger partial charge in [0.1, 0.15) is 0 Å². The maximum Gasteiger partial charge on any atom is 0.0609 e. The zero-order chi connectivity index (χ0) is 14.0. The molecule has 0 spiro atoms. The summed E-state index contributed by atoms with van der Waals surface area (Å²) in [5, 5.41) is 11.8. The van der Waals surface area contributed by atoms with Crippen molar-refractivity contribution in [1.82, 2.24) is 0 Å². The zero-order valence-corrected chi connectivity index (χ0v) is 13.1. The molecule has 1 aromatic rings. The number of halogens is 2. The smallest absolute Gasteiger partial charge is 0.0609 e. The lowest BCUT2D eigenvalue weighted by atomic mass is 9.73. The third-order valence-electron chi connectivity index (χ3n) is 4.20. The van der Waals surface area contributed by atoms with Gasteiger partial charge < -0.3 is 5.11 Å². The lowest BCUT2D eigenvalue weighted by Gasteiger charge is -2.34. The molecule has 3 heteroatoms. The predicted octanol–water partition coefficient (Wildman–Crippen LogP) is 4.97. The van der Waals surface area contributed by atoms with Crippen molar-refractivity contribution in [3.63, 3.8) is 0 Å². The Bertz CT molecular complexity index is 423. The van der Waals surface area contributed by atoms with Crippen molar-refractivity contribution in [1.29, 1.82) is 0 Å². The van der Waals surface area contributed by atoms with Crippen LogP contribution in [0, 0.1) is 17.8 Å². The quantitative estimate of drug-likeness (QED) is 0.835. The van der Waals surface area contributed by atoms with Crippen LogP contribution in [-0.2, 0) is 6.42 Å². The van der Waals surface area contributed by atoms with Crippen molar-refractivity contribution in [2.24, 2.45) is 17.8 Å². The van der Waals surface area contributed by atoms with Gasteiger partial charge in [0.05, 0.1) is 6.10 Å². The molecule has 0 aliphatic heterocycles. The molecule has 0 radical (unpaired) electrons. The van der Waals surface area contributed by atoms with Crippen LogP contribution in [0.2, 0.25) is 10.0 Å². The normalized spacial score (nSPS) is 29.2. The molecule has 1 saturated carbocycles. The number of hydrogen-bond acceptors (Lipinski definition) is 1. The van der Waals surface area contributed by atoms with Gasteiger partial charge in [0.25, 0.3) is 0 Å². The number of benzene rings is 1. The number of hydrogen-bond donors (Lipinski definition) is 1. The maximum atomic E-state index is 10.5. The Balaban J connectivity index is 2.02. The topological polar surface area (TPSA) is 20.2 Å². The van der Waals surface area contributed by atoms with Crippen LogP contribution >= 0.6 is 23.2 Å². The van der Waals surface area contributed by atoms with Crippen LogP contribution in [0.1, 0.15) is 38.7 Å². The van der Waals surface area contributed by atoms with E-state index in [-0.39, 0.29) is 6.10 Å². The fourth-order valence-electron chi connectivity index (χ4n) is 3.40. The van der Waals surface area contributed by atoms with Gasteiger partial charge in [0.2, 0.25) is 0 Å². The molecule has 0 aromatic heterocycles. The molecule has 1 aliphatic carbocycles.